The average molecular weight is 330 g/mol. The third kappa shape index (κ3) is 5.53. The molecule has 0 bridgehead atoms. The minimum absolute atomic E-state index is 0.0501. The molecule has 8 heteroatoms. The number of sulfonamides is 1. The van der Waals surface area contributed by atoms with Gasteiger partial charge in [0.15, 0.2) is 0 Å². The number of hydrogen-bond acceptors (Lipinski definition) is 5. The summed E-state index contributed by atoms with van der Waals surface area (Å²) in [5.74, 6) is 0.877. The van der Waals surface area contributed by atoms with Crippen LogP contribution >= 0.6 is 11.6 Å². The molecule has 2 rings (SSSR count). The van der Waals surface area contributed by atoms with Crippen LogP contribution < -0.4 is 5.14 Å². The summed E-state index contributed by atoms with van der Waals surface area (Å²) in [4.78, 5) is 16.2. The van der Waals surface area contributed by atoms with E-state index in [4.69, 9.17) is 30.7 Å². The molecule has 0 aliphatic carbocycles. The van der Waals surface area contributed by atoms with E-state index in [-0.39, 0.29) is 16.1 Å². The molecule has 2 N–H and O–H groups in total. The molecule has 6 nitrogen and oxygen atoms in total. The Labute approximate surface area is 126 Å². The molecule has 0 aliphatic heterocycles. The Balaban J connectivity index is 0.000000677. The van der Waals surface area contributed by atoms with Gasteiger partial charge < -0.3 is 4.42 Å². The van der Waals surface area contributed by atoms with Crippen LogP contribution in [-0.2, 0) is 32.5 Å². The first kappa shape index (κ1) is 17.1. The number of hydrogen-bond donors (Lipinski definition) is 1. The highest BCUT2D eigenvalue weighted by molar-refractivity contribution is 7.89. The highest BCUT2D eigenvalue weighted by atomic mass is 35.5. The number of aryl methyl sites for hydroxylation is 2. The van der Waals surface area contributed by atoms with Crippen LogP contribution in [0.5, 0.6) is 0 Å². The van der Waals surface area contributed by atoms with Crippen molar-refractivity contribution in [3.05, 3.63) is 52.9 Å². The summed E-state index contributed by atoms with van der Waals surface area (Å²) in [6, 6.07) is 8.46. The van der Waals surface area contributed by atoms with Crippen molar-refractivity contribution < 1.29 is 22.4 Å². The van der Waals surface area contributed by atoms with Gasteiger partial charge in [-0.1, -0.05) is 17.7 Å². The van der Waals surface area contributed by atoms with Crippen molar-refractivity contribution in [3.63, 3.8) is 0 Å². The normalized spacial score (nSPS) is 10.4. The Bertz CT molecular complexity index is 719. The molecule has 0 atom stereocenters. The Morgan fingerprint density at radius 1 is 1.19 bits per heavy atom. The molecule has 1 aromatic carbocycles. The van der Waals surface area contributed by atoms with E-state index in [1.54, 1.807) is 18.4 Å². The molecule has 21 heavy (non-hydrogen) atoms. The topological polar surface area (TPSA) is 107 Å². The van der Waals surface area contributed by atoms with Crippen molar-refractivity contribution in [1.29, 1.82) is 0 Å². The molecule has 0 aliphatic rings. The molecule has 0 saturated carbocycles. The second-order valence-corrected chi connectivity index (χ2v) is 5.91. The van der Waals surface area contributed by atoms with Crippen molar-refractivity contribution in [3.8, 4) is 0 Å². The maximum absolute atomic E-state index is 11.2. The SMILES string of the molecule is NS(=O)(=O)c1ccc(CCc2ccco2)cc1Cl.O=C=O. The van der Waals surface area contributed by atoms with Crippen LogP contribution in [0.2, 0.25) is 5.02 Å². The van der Waals surface area contributed by atoms with Gasteiger partial charge in [0.05, 0.1) is 11.3 Å². The van der Waals surface area contributed by atoms with Gasteiger partial charge in [0, 0.05) is 6.42 Å². The standard InChI is InChI=1S/C12H12ClNO3S.CO2/c13-11-8-9(3-5-10-2-1-7-17-10)4-6-12(11)18(14,15)16;2-1-3/h1-2,4,6-8H,3,5H2,(H2,14,15,16);. The third-order valence-corrected chi connectivity index (χ3v) is 3.94. The Morgan fingerprint density at radius 2 is 1.86 bits per heavy atom. The monoisotopic (exact) mass is 329 g/mol. The summed E-state index contributed by atoms with van der Waals surface area (Å²) in [6.45, 7) is 0. The van der Waals surface area contributed by atoms with Crippen LogP contribution in [0.1, 0.15) is 11.3 Å². The number of rotatable bonds is 4. The molecule has 112 valence electrons. The van der Waals surface area contributed by atoms with Gasteiger partial charge in [-0.2, -0.15) is 9.59 Å². The summed E-state index contributed by atoms with van der Waals surface area (Å²) < 4.78 is 27.6. The molecule has 1 heterocycles. The number of furan rings is 1. The fourth-order valence-corrected chi connectivity index (χ4v) is 2.77. The zero-order valence-electron chi connectivity index (χ0n) is 10.8. The highest BCUT2D eigenvalue weighted by Crippen LogP contribution is 2.22. The number of primary sulfonamides is 1. The maximum atomic E-state index is 11.2. The molecule has 0 fully saturated rings. The number of benzene rings is 1. The van der Waals surface area contributed by atoms with Crippen molar-refractivity contribution in [2.24, 2.45) is 5.14 Å². The first-order valence-corrected chi connectivity index (χ1v) is 7.63. The third-order valence-electron chi connectivity index (χ3n) is 2.54. The summed E-state index contributed by atoms with van der Waals surface area (Å²) in [5, 5.41) is 5.18. The first-order chi connectivity index (χ1) is 9.88. The first-order valence-electron chi connectivity index (χ1n) is 5.71. The van der Waals surface area contributed by atoms with Gasteiger partial charge >= 0.3 is 6.15 Å². The van der Waals surface area contributed by atoms with E-state index < -0.39 is 10.0 Å². The minimum atomic E-state index is -3.76. The molecule has 0 radical (unpaired) electrons. The highest BCUT2D eigenvalue weighted by Gasteiger charge is 2.12. The summed E-state index contributed by atoms with van der Waals surface area (Å²) in [5.41, 5.74) is 0.934. The molecular weight excluding hydrogens is 318 g/mol. The van der Waals surface area contributed by atoms with E-state index in [2.05, 4.69) is 0 Å². The number of nitrogens with two attached hydrogens (primary N) is 1. The van der Waals surface area contributed by atoms with Gasteiger partial charge in [0.1, 0.15) is 10.7 Å². The summed E-state index contributed by atoms with van der Waals surface area (Å²) in [6.07, 6.45) is 3.32. The second-order valence-electron chi connectivity index (χ2n) is 3.97. The molecule has 0 unspecified atom stereocenters. The Hall–Kier alpha value is -1.92. The fourth-order valence-electron chi connectivity index (χ4n) is 1.65. The van der Waals surface area contributed by atoms with Crippen molar-refractivity contribution in [1.82, 2.24) is 0 Å². The Morgan fingerprint density at radius 3 is 2.33 bits per heavy atom. The van der Waals surface area contributed by atoms with Gasteiger partial charge in [-0.05, 0) is 36.2 Å². The van der Waals surface area contributed by atoms with Crippen molar-refractivity contribution in [2.75, 3.05) is 0 Å². The van der Waals surface area contributed by atoms with Gasteiger partial charge in [0.2, 0.25) is 10.0 Å². The van der Waals surface area contributed by atoms with Gasteiger partial charge in [-0.3, -0.25) is 0 Å². The van der Waals surface area contributed by atoms with Gasteiger partial charge in [-0.15, -0.1) is 0 Å². The average Bonchev–Trinajstić information content (AvgIpc) is 2.89. The largest absolute Gasteiger partial charge is 0.469 e. The summed E-state index contributed by atoms with van der Waals surface area (Å²) >= 11 is 5.89. The van der Waals surface area contributed by atoms with E-state index in [1.807, 2.05) is 12.1 Å². The maximum Gasteiger partial charge on any atom is 0.373 e. The number of halogens is 1. The molecule has 0 saturated heterocycles. The van der Waals surface area contributed by atoms with E-state index in [0.29, 0.717) is 0 Å². The van der Waals surface area contributed by atoms with Crippen molar-refractivity contribution >= 4 is 27.8 Å². The number of carbonyl (C=O) groups excluding carboxylic acids is 2. The predicted molar refractivity (Wildman–Crippen MR) is 73.9 cm³/mol. The van der Waals surface area contributed by atoms with Crippen LogP contribution in [0.3, 0.4) is 0 Å². The van der Waals surface area contributed by atoms with Gasteiger partial charge in [-0.25, -0.2) is 13.6 Å². The zero-order chi connectivity index (χ0) is 15.9. The quantitative estimate of drug-likeness (QED) is 0.919. The molecule has 2 aromatic rings. The van der Waals surface area contributed by atoms with Crippen LogP contribution in [-0.4, -0.2) is 14.6 Å². The van der Waals surface area contributed by atoms with E-state index >= 15 is 0 Å². The molecule has 0 amide bonds. The van der Waals surface area contributed by atoms with E-state index in [0.717, 1.165) is 24.2 Å². The fraction of sp³-hybridized carbons (Fsp3) is 0.154. The molecule has 1 aromatic heterocycles. The lowest BCUT2D eigenvalue weighted by atomic mass is 10.1. The van der Waals surface area contributed by atoms with Crippen LogP contribution in [0, 0.1) is 0 Å². The van der Waals surface area contributed by atoms with Crippen LogP contribution in [0.25, 0.3) is 0 Å². The molecular formula is C13H12ClNO5S. The Kier molecular flexibility index (Phi) is 6.33. The lowest BCUT2D eigenvalue weighted by Gasteiger charge is -2.04. The predicted octanol–water partition coefficient (Wildman–Crippen LogP) is 1.78. The van der Waals surface area contributed by atoms with E-state index in [1.165, 1.54) is 6.07 Å². The van der Waals surface area contributed by atoms with E-state index in [9.17, 15) is 8.42 Å². The lowest BCUT2D eigenvalue weighted by molar-refractivity contribution is -0.191. The van der Waals surface area contributed by atoms with Crippen molar-refractivity contribution in [2.45, 2.75) is 17.7 Å². The lowest BCUT2D eigenvalue weighted by Crippen LogP contribution is -2.12. The second kappa shape index (κ2) is 7.75. The minimum Gasteiger partial charge on any atom is -0.469 e. The van der Waals surface area contributed by atoms with Crippen LogP contribution in [0.4, 0.5) is 0 Å². The zero-order valence-corrected chi connectivity index (χ0v) is 12.4. The van der Waals surface area contributed by atoms with Crippen LogP contribution in [0.15, 0.2) is 45.9 Å². The molecule has 0 spiro atoms. The summed E-state index contributed by atoms with van der Waals surface area (Å²) in [7, 11) is -3.76. The smallest absolute Gasteiger partial charge is 0.373 e. The van der Waals surface area contributed by atoms with Gasteiger partial charge in [0.25, 0.3) is 0 Å².